The largest absolute Gasteiger partial charge is 0.493 e. The zero-order chi connectivity index (χ0) is 21.1. The van der Waals surface area contributed by atoms with Gasteiger partial charge in [-0.2, -0.15) is 4.98 Å². The number of aromatic nitrogens is 2. The first-order valence-electron chi connectivity index (χ1n) is 10.1. The van der Waals surface area contributed by atoms with Crippen LogP contribution in [0.2, 0.25) is 0 Å². The highest BCUT2D eigenvalue weighted by Gasteiger charge is 2.23. The first kappa shape index (κ1) is 20.6. The number of nitrogens with zero attached hydrogens (tertiary/aromatic N) is 2. The molecule has 0 aliphatic carbocycles. The van der Waals surface area contributed by atoms with Crippen LogP contribution in [0.3, 0.4) is 0 Å². The van der Waals surface area contributed by atoms with Crippen LogP contribution >= 0.6 is 15.9 Å². The molecule has 2 heterocycles. The van der Waals surface area contributed by atoms with E-state index in [1.54, 1.807) is 0 Å². The second-order valence-electron chi connectivity index (χ2n) is 7.73. The summed E-state index contributed by atoms with van der Waals surface area (Å²) < 4.78 is 12.0. The molecule has 1 aromatic heterocycles. The Balaban J connectivity index is 1.35. The minimum absolute atomic E-state index is 0.0474. The van der Waals surface area contributed by atoms with E-state index < -0.39 is 0 Å². The lowest BCUT2D eigenvalue weighted by molar-refractivity contribution is -0.122. The highest BCUT2D eigenvalue weighted by atomic mass is 79.9. The number of hydrogen-bond donors (Lipinski definition) is 1. The second-order valence-corrected chi connectivity index (χ2v) is 8.64. The summed E-state index contributed by atoms with van der Waals surface area (Å²) in [6.07, 6.45) is 1.43. The van der Waals surface area contributed by atoms with Crippen LogP contribution in [-0.4, -0.2) is 22.7 Å². The molecule has 0 saturated carbocycles. The fraction of sp³-hybridized carbons (Fsp3) is 0.348. The van der Waals surface area contributed by atoms with Crippen molar-refractivity contribution in [1.29, 1.82) is 0 Å². The predicted octanol–water partition coefficient (Wildman–Crippen LogP) is 5.20. The Hall–Kier alpha value is -2.67. The molecular formula is C23H24BrN3O3. The lowest BCUT2D eigenvalue weighted by Gasteiger charge is -2.26. The van der Waals surface area contributed by atoms with Crippen molar-refractivity contribution in [2.75, 3.05) is 6.61 Å². The van der Waals surface area contributed by atoms with Gasteiger partial charge in [0.15, 0.2) is 0 Å². The minimum Gasteiger partial charge on any atom is -0.493 e. The molecule has 0 radical (unpaired) electrons. The van der Waals surface area contributed by atoms with Crippen molar-refractivity contribution < 1.29 is 14.1 Å². The van der Waals surface area contributed by atoms with Gasteiger partial charge >= 0.3 is 0 Å². The fourth-order valence-corrected chi connectivity index (χ4v) is 3.87. The van der Waals surface area contributed by atoms with Crippen LogP contribution < -0.4 is 10.1 Å². The number of amides is 1. The number of benzene rings is 2. The predicted molar refractivity (Wildman–Crippen MR) is 117 cm³/mol. The van der Waals surface area contributed by atoms with E-state index in [0.29, 0.717) is 30.7 Å². The topological polar surface area (TPSA) is 77.2 Å². The molecule has 30 heavy (non-hydrogen) atoms. The third kappa shape index (κ3) is 4.73. The maximum Gasteiger partial charge on any atom is 0.227 e. The van der Waals surface area contributed by atoms with E-state index in [2.05, 4.69) is 57.4 Å². The molecule has 4 rings (SSSR count). The number of carbonyl (C=O) groups is 1. The fourth-order valence-electron chi connectivity index (χ4n) is 3.49. The van der Waals surface area contributed by atoms with Crippen molar-refractivity contribution in [2.24, 2.45) is 0 Å². The summed E-state index contributed by atoms with van der Waals surface area (Å²) in [6.45, 7) is 4.90. The van der Waals surface area contributed by atoms with E-state index in [1.165, 1.54) is 5.56 Å². The number of rotatable bonds is 6. The summed E-state index contributed by atoms with van der Waals surface area (Å²) >= 11 is 3.48. The maximum atomic E-state index is 12.5. The highest BCUT2D eigenvalue weighted by molar-refractivity contribution is 9.10. The standard InChI is InChI=1S/C23H24BrN3O3/c1-14(2)15-3-5-16(6-4-15)23-26-22(30-27-23)10-9-21(28)25-19-11-12-29-20-8-7-17(24)13-18(19)20/h3-8,13-14,19H,9-12H2,1-2H3,(H,25,28). The van der Waals surface area contributed by atoms with Crippen LogP contribution in [0.25, 0.3) is 11.4 Å². The Labute approximate surface area is 184 Å². The van der Waals surface area contributed by atoms with Crippen LogP contribution in [-0.2, 0) is 11.2 Å². The van der Waals surface area contributed by atoms with E-state index in [1.807, 2.05) is 30.3 Å². The van der Waals surface area contributed by atoms with Crippen LogP contribution in [0.15, 0.2) is 51.5 Å². The van der Waals surface area contributed by atoms with E-state index in [0.717, 1.165) is 27.8 Å². The first-order chi connectivity index (χ1) is 14.5. The smallest absolute Gasteiger partial charge is 0.227 e. The third-order valence-corrected chi connectivity index (χ3v) is 5.71. The SMILES string of the molecule is CC(C)c1ccc(-c2noc(CCC(=O)NC3CCOc4ccc(Br)cc43)n2)cc1. The van der Waals surface area contributed by atoms with Crippen molar-refractivity contribution in [1.82, 2.24) is 15.5 Å². The Bertz CT molecular complexity index is 1030. The number of fused-ring (bicyclic) bond motifs is 1. The van der Waals surface area contributed by atoms with E-state index in [4.69, 9.17) is 9.26 Å². The van der Waals surface area contributed by atoms with Crippen molar-refractivity contribution in [2.45, 2.75) is 45.1 Å². The Morgan fingerprint density at radius 1 is 1.23 bits per heavy atom. The lowest BCUT2D eigenvalue weighted by atomic mass is 10.0. The average Bonchev–Trinajstić information content (AvgIpc) is 3.22. The molecule has 0 bridgehead atoms. The quantitative estimate of drug-likeness (QED) is 0.536. The van der Waals surface area contributed by atoms with E-state index in [-0.39, 0.29) is 18.4 Å². The molecule has 1 aliphatic rings. The van der Waals surface area contributed by atoms with Gasteiger partial charge in [0, 0.05) is 34.9 Å². The molecule has 156 valence electrons. The van der Waals surface area contributed by atoms with Crippen LogP contribution in [0.4, 0.5) is 0 Å². The summed E-state index contributed by atoms with van der Waals surface area (Å²) in [6, 6.07) is 13.9. The number of nitrogens with one attached hydrogen (secondary N) is 1. The zero-order valence-corrected chi connectivity index (χ0v) is 18.6. The number of carbonyl (C=O) groups excluding carboxylic acids is 1. The summed E-state index contributed by atoms with van der Waals surface area (Å²) in [7, 11) is 0. The van der Waals surface area contributed by atoms with E-state index in [9.17, 15) is 4.79 Å². The molecule has 1 unspecified atom stereocenters. The van der Waals surface area contributed by atoms with Crippen LogP contribution in [0.1, 0.15) is 55.7 Å². The van der Waals surface area contributed by atoms with Gasteiger partial charge in [0.25, 0.3) is 0 Å². The molecule has 0 spiro atoms. The van der Waals surface area contributed by atoms with Gasteiger partial charge in [-0.25, -0.2) is 0 Å². The summed E-state index contributed by atoms with van der Waals surface area (Å²) in [4.78, 5) is 16.9. The monoisotopic (exact) mass is 469 g/mol. The van der Waals surface area contributed by atoms with E-state index >= 15 is 0 Å². The summed E-state index contributed by atoms with van der Waals surface area (Å²) in [5, 5.41) is 7.15. The first-order valence-corrected chi connectivity index (χ1v) is 10.9. The second kappa shape index (κ2) is 9.00. The number of ether oxygens (including phenoxy) is 1. The molecule has 2 aromatic carbocycles. The number of hydrogen-bond acceptors (Lipinski definition) is 5. The minimum atomic E-state index is -0.0588. The molecule has 3 aromatic rings. The average molecular weight is 470 g/mol. The molecule has 0 fully saturated rings. The Kier molecular flexibility index (Phi) is 6.18. The van der Waals surface area contributed by atoms with Crippen LogP contribution in [0.5, 0.6) is 5.75 Å². The molecule has 1 aliphatic heterocycles. The van der Waals surface area contributed by atoms with Crippen molar-refractivity contribution in [3.63, 3.8) is 0 Å². The molecule has 1 atom stereocenters. The Morgan fingerprint density at radius 3 is 2.80 bits per heavy atom. The van der Waals surface area contributed by atoms with Gasteiger partial charge in [-0.3, -0.25) is 4.79 Å². The highest BCUT2D eigenvalue weighted by Crippen LogP contribution is 2.34. The van der Waals surface area contributed by atoms with Gasteiger partial charge in [0.2, 0.25) is 17.6 Å². The normalized spacial score (nSPS) is 15.5. The summed E-state index contributed by atoms with van der Waals surface area (Å²) in [5.74, 6) is 2.25. The van der Waals surface area contributed by atoms with Gasteiger partial charge in [-0.15, -0.1) is 0 Å². The lowest BCUT2D eigenvalue weighted by Crippen LogP contribution is -2.32. The van der Waals surface area contributed by atoms with Gasteiger partial charge in [-0.1, -0.05) is 59.2 Å². The number of halogens is 1. The van der Waals surface area contributed by atoms with Gasteiger partial charge in [-0.05, 0) is 29.7 Å². The maximum absolute atomic E-state index is 12.5. The molecule has 7 heteroatoms. The molecule has 1 amide bonds. The summed E-state index contributed by atoms with van der Waals surface area (Å²) in [5.41, 5.74) is 3.16. The van der Waals surface area contributed by atoms with Gasteiger partial charge < -0.3 is 14.6 Å². The van der Waals surface area contributed by atoms with Gasteiger partial charge in [0.1, 0.15) is 5.75 Å². The molecule has 1 N–H and O–H groups in total. The van der Waals surface area contributed by atoms with Crippen molar-refractivity contribution >= 4 is 21.8 Å². The molecular weight excluding hydrogens is 446 g/mol. The number of aryl methyl sites for hydroxylation is 1. The van der Waals surface area contributed by atoms with Crippen molar-refractivity contribution in [3.05, 3.63) is 64.0 Å². The molecule has 6 nitrogen and oxygen atoms in total. The van der Waals surface area contributed by atoms with Gasteiger partial charge in [0.05, 0.1) is 12.6 Å². The zero-order valence-electron chi connectivity index (χ0n) is 17.0. The van der Waals surface area contributed by atoms with Crippen molar-refractivity contribution in [3.8, 4) is 17.1 Å². The third-order valence-electron chi connectivity index (χ3n) is 5.22. The van der Waals surface area contributed by atoms with Crippen LogP contribution in [0, 0.1) is 0 Å². The molecule has 0 saturated heterocycles. The Morgan fingerprint density at radius 2 is 2.03 bits per heavy atom.